The topological polar surface area (TPSA) is 80.2 Å². The van der Waals surface area contributed by atoms with Crippen molar-refractivity contribution < 1.29 is 9.63 Å². The van der Waals surface area contributed by atoms with Crippen LogP contribution in [-0.2, 0) is 4.84 Å². The average Bonchev–Trinajstić information content (AvgIpc) is 3.11. The van der Waals surface area contributed by atoms with Gasteiger partial charge in [-0.25, -0.2) is 15.0 Å². The summed E-state index contributed by atoms with van der Waals surface area (Å²) < 4.78 is 0. The quantitative estimate of drug-likeness (QED) is 0.686. The molecule has 0 aliphatic heterocycles. The second-order valence-corrected chi connectivity index (χ2v) is 6.37. The van der Waals surface area contributed by atoms with Crippen molar-refractivity contribution in [3.8, 4) is 10.4 Å². The lowest BCUT2D eigenvalue weighted by Crippen LogP contribution is -2.25. The number of thiazole rings is 1. The van der Waals surface area contributed by atoms with Gasteiger partial charge >= 0.3 is 0 Å². The maximum atomic E-state index is 12.2. The fourth-order valence-corrected chi connectivity index (χ4v) is 2.97. The van der Waals surface area contributed by atoms with Gasteiger partial charge in [0.05, 0.1) is 22.6 Å². The number of rotatable bonds is 5. The lowest BCUT2D eigenvalue weighted by atomic mass is 10.2. The number of hydroxylamine groups is 2. The summed E-state index contributed by atoms with van der Waals surface area (Å²) in [5.41, 5.74) is 1.21. The molecule has 0 saturated carbocycles. The van der Waals surface area contributed by atoms with Crippen LogP contribution in [-0.4, -0.2) is 40.1 Å². The molecular weight excluding hydrogens is 362 g/mol. The van der Waals surface area contributed by atoms with Crippen molar-refractivity contribution in [3.63, 3.8) is 0 Å². The van der Waals surface area contributed by atoms with Gasteiger partial charge in [0, 0.05) is 37.4 Å². The molecule has 1 amide bonds. The molecular formula is C16H14ClN5O2S. The minimum Gasteiger partial charge on any atom is -0.315 e. The van der Waals surface area contributed by atoms with Gasteiger partial charge in [0.15, 0.2) is 10.9 Å². The first-order valence-electron chi connectivity index (χ1n) is 7.19. The van der Waals surface area contributed by atoms with Crippen LogP contribution in [0.2, 0.25) is 5.02 Å². The monoisotopic (exact) mass is 375 g/mol. The highest BCUT2D eigenvalue weighted by molar-refractivity contribution is 7.18. The molecule has 3 heterocycles. The van der Waals surface area contributed by atoms with Crippen LogP contribution in [0.15, 0.2) is 43.0 Å². The average molecular weight is 376 g/mol. The smallest absolute Gasteiger partial charge is 0.278 e. The number of nitrogens with zero attached hydrogens (tertiary/aromatic N) is 4. The van der Waals surface area contributed by atoms with Gasteiger partial charge in [-0.15, -0.1) is 0 Å². The van der Waals surface area contributed by atoms with Crippen LogP contribution in [0.5, 0.6) is 0 Å². The molecule has 25 heavy (non-hydrogen) atoms. The molecule has 0 atom stereocenters. The third-order valence-corrected chi connectivity index (χ3v) is 4.59. The van der Waals surface area contributed by atoms with E-state index in [0.717, 1.165) is 15.5 Å². The molecule has 3 rings (SSSR count). The molecule has 9 heteroatoms. The number of anilines is 2. The molecule has 0 aliphatic rings. The largest absolute Gasteiger partial charge is 0.315 e. The van der Waals surface area contributed by atoms with Gasteiger partial charge in [0.25, 0.3) is 5.91 Å². The van der Waals surface area contributed by atoms with Gasteiger partial charge in [0.1, 0.15) is 0 Å². The zero-order chi connectivity index (χ0) is 17.8. The highest BCUT2D eigenvalue weighted by Crippen LogP contribution is 2.31. The molecule has 0 unspecified atom stereocenters. The second kappa shape index (κ2) is 7.56. The Hall–Kier alpha value is -2.55. The molecule has 1 N–H and O–H groups in total. The minimum atomic E-state index is -0.278. The van der Waals surface area contributed by atoms with Gasteiger partial charge in [-0.2, -0.15) is 0 Å². The van der Waals surface area contributed by atoms with Crippen LogP contribution in [0.1, 0.15) is 10.4 Å². The molecule has 7 nitrogen and oxygen atoms in total. The SMILES string of the molecule is CON(C)C(=O)c1cncc(-c2cnc(Nc3ncccc3Cl)s2)c1. The molecule has 0 bridgehead atoms. The van der Waals surface area contributed by atoms with Gasteiger partial charge in [0.2, 0.25) is 0 Å². The van der Waals surface area contributed by atoms with Gasteiger partial charge < -0.3 is 5.32 Å². The van der Waals surface area contributed by atoms with E-state index in [2.05, 4.69) is 20.3 Å². The Bertz CT molecular complexity index is 901. The first-order chi connectivity index (χ1) is 12.1. The van der Waals surface area contributed by atoms with Crippen molar-refractivity contribution in [1.82, 2.24) is 20.0 Å². The summed E-state index contributed by atoms with van der Waals surface area (Å²) in [6, 6.07) is 5.25. The Morgan fingerprint density at radius 2 is 2.16 bits per heavy atom. The van der Waals surface area contributed by atoms with Crippen LogP contribution in [0.4, 0.5) is 10.9 Å². The normalized spacial score (nSPS) is 10.5. The van der Waals surface area contributed by atoms with Crippen molar-refractivity contribution in [2.24, 2.45) is 0 Å². The maximum Gasteiger partial charge on any atom is 0.278 e. The molecule has 0 saturated heterocycles. The second-order valence-electron chi connectivity index (χ2n) is 4.94. The van der Waals surface area contributed by atoms with E-state index in [1.807, 2.05) is 0 Å². The van der Waals surface area contributed by atoms with Gasteiger partial charge in [-0.05, 0) is 18.2 Å². The van der Waals surface area contributed by atoms with Gasteiger partial charge in [-0.1, -0.05) is 22.9 Å². The third-order valence-electron chi connectivity index (χ3n) is 3.32. The molecule has 3 aromatic heterocycles. The molecule has 0 spiro atoms. The summed E-state index contributed by atoms with van der Waals surface area (Å²) in [5.74, 6) is 0.258. The molecule has 0 aliphatic carbocycles. The summed E-state index contributed by atoms with van der Waals surface area (Å²) >= 11 is 7.49. The van der Waals surface area contributed by atoms with Crippen LogP contribution >= 0.6 is 22.9 Å². The highest BCUT2D eigenvalue weighted by atomic mass is 35.5. The lowest BCUT2D eigenvalue weighted by Gasteiger charge is -2.13. The Morgan fingerprint density at radius 3 is 2.92 bits per heavy atom. The number of aromatic nitrogens is 3. The van der Waals surface area contributed by atoms with Crippen LogP contribution in [0.3, 0.4) is 0 Å². The van der Waals surface area contributed by atoms with Crippen molar-refractivity contribution in [2.45, 2.75) is 0 Å². The van der Waals surface area contributed by atoms with E-state index < -0.39 is 0 Å². The number of carbonyl (C=O) groups excluding carboxylic acids is 1. The lowest BCUT2D eigenvalue weighted by molar-refractivity contribution is -0.0757. The molecule has 0 aromatic carbocycles. The molecule has 3 aromatic rings. The molecule has 128 valence electrons. The molecule has 0 fully saturated rings. The van der Waals surface area contributed by atoms with Crippen molar-refractivity contribution in [1.29, 1.82) is 0 Å². The Morgan fingerprint density at radius 1 is 1.32 bits per heavy atom. The first-order valence-corrected chi connectivity index (χ1v) is 8.39. The zero-order valence-corrected chi connectivity index (χ0v) is 15.0. The number of amides is 1. The van der Waals surface area contributed by atoms with Crippen LogP contribution in [0, 0.1) is 0 Å². The summed E-state index contributed by atoms with van der Waals surface area (Å²) in [6.45, 7) is 0. The number of halogens is 1. The number of carbonyl (C=O) groups is 1. The predicted octanol–water partition coefficient (Wildman–Crippen LogP) is 3.63. The number of hydrogen-bond donors (Lipinski definition) is 1. The van der Waals surface area contributed by atoms with Gasteiger partial charge in [-0.3, -0.25) is 14.6 Å². The van der Waals surface area contributed by atoms with Crippen molar-refractivity contribution in [2.75, 3.05) is 19.5 Å². The summed E-state index contributed by atoms with van der Waals surface area (Å²) in [5, 5.41) is 5.37. The third kappa shape index (κ3) is 3.93. The fourth-order valence-electron chi connectivity index (χ4n) is 2.00. The van der Waals surface area contributed by atoms with E-state index in [0.29, 0.717) is 21.5 Å². The summed E-state index contributed by atoms with van der Waals surface area (Å²) in [6.07, 6.45) is 6.52. The summed E-state index contributed by atoms with van der Waals surface area (Å²) in [7, 11) is 2.97. The van der Waals surface area contributed by atoms with E-state index in [1.54, 1.807) is 43.8 Å². The highest BCUT2D eigenvalue weighted by Gasteiger charge is 2.14. The Balaban J connectivity index is 1.83. The van der Waals surface area contributed by atoms with Crippen LogP contribution in [0.25, 0.3) is 10.4 Å². The minimum absolute atomic E-state index is 0.278. The predicted molar refractivity (Wildman–Crippen MR) is 97.0 cm³/mol. The number of hydrogen-bond acceptors (Lipinski definition) is 7. The van der Waals surface area contributed by atoms with E-state index in [4.69, 9.17) is 16.4 Å². The van der Waals surface area contributed by atoms with E-state index in [9.17, 15) is 4.79 Å². The van der Waals surface area contributed by atoms with E-state index in [1.165, 1.54) is 24.6 Å². The van der Waals surface area contributed by atoms with Crippen molar-refractivity contribution in [3.05, 3.63) is 53.6 Å². The molecule has 0 radical (unpaired) electrons. The standard InChI is InChI=1S/C16H14ClN5O2S/c1-22(24-2)15(23)11-6-10(7-18-8-11)13-9-20-16(25-13)21-14-12(17)4-3-5-19-14/h3-9H,1-2H3,(H,19,20,21). The Kier molecular flexibility index (Phi) is 5.22. The number of nitrogens with one attached hydrogen (secondary N) is 1. The van der Waals surface area contributed by atoms with Crippen LogP contribution < -0.4 is 5.32 Å². The summed E-state index contributed by atoms with van der Waals surface area (Å²) in [4.78, 5) is 30.5. The van der Waals surface area contributed by atoms with E-state index in [-0.39, 0.29) is 5.91 Å². The maximum absolute atomic E-state index is 12.2. The number of pyridine rings is 2. The zero-order valence-electron chi connectivity index (χ0n) is 13.4. The van der Waals surface area contributed by atoms with E-state index >= 15 is 0 Å². The van der Waals surface area contributed by atoms with Crippen molar-refractivity contribution >= 4 is 39.8 Å². The fraction of sp³-hybridized carbons (Fsp3) is 0.125. The Labute approximate surface area is 153 Å². The first kappa shape index (κ1) is 17.3.